The first kappa shape index (κ1) is 46.9. The van der Waals surface area contributed by atoms with Crippen molar-refractivity contribution in [2.45, 2.75) is 112 Å². The van der Waals surface area contributed by atoms with Gasteiger partial charge in [-0.3, -0.25) is 19.2 Å². The van der Waals surface area contributed by atoms with Crippen LogP contribution in [0.3, 0.4) is 0 Å². The number of amides is 3. The second kappa shape index (κ2) is 22.7. The average molecular weight is 716 g/mol. The molecular weight excluding hydrogens is 650 g/mol. The molecular formula is C36H65N3O11. The molecule has 0 saturated carbocycles. The van der Waals surface area contributed by atoms with Crippen molar-refractivity contribution < 1.29 is 53.1 Å². The maximum absolute atomic E-state index is 12.5. The molecule has 14 nitrogen and oxygen atoms in total. The highest BCUT2D eigenvalue weighted by atomic mass is 16.5. The van der Waals surface area contributed by atoms with Gasteiger partial charge in [-0.2, -0.15) is 0 Å². The minimum Gasteiger partial charge on any atom is -0.481 e. The van der Waals surface area contributed by atoms with Crippen molar-refractivity contribution in [3.63, 3.8) is 0 Å². The Bertz CT molecular complexity index is 1100. The second-order valence-corrected chi connectivity index (χ2v) is 15.8. The molecule has 0 aromatic carbocycles. The van der Waals surface area contributed by atoms with E-state index in [4.69, 9.17) is 18.9 Å². The van der Waals surface area contributed by atoms with Crippen molar-refractivity contribution in [3.05, 3.63) is 12.2 Å². The number of nitrogens with one attached hydrogen (secondary N) is 3. The normalized spacial score (nSPS) is 13.0. The Morgan fingerprint density at radius 3 is 1.74 bits per heavy atom. The number of carbonyl (C=O) groups excluding carboxylic acids is 3. The van der Waals surface area contributed by atoms with Crippen molar-refractivity contribution in [1.82, 2.24) is 16.0 Å². The van der Waals surface area contributed by atoms with Crippen LogP contribution in [0.25, 0.3) is 0 Å². The molecule has 0 aliphatic rings. The molecule has 14 heteroatoms. The summed E-state index contributed by atoms with van der Waals surface area (Å²) in [5, 5.41) is 26.6. The third kappa shape index (κ3) is 24.1. The topological polar surface area (TPSA) is 199 Å². The predicted octanol–water partition coefficient (Wildman–Crippen LogP) is 3.71. The third-order valence-corrected chi connectivity index (χ3v) is 7.58. The zero-order valence-corrected chi connectivity index (χ0v) is 32.0. The largest absolute Gasteiger partial charge is 0.481 e. The van der Waals surface area contributed by atoms with Crippen LogP contribution in [0.2, 0.25) is 0 Å². The summed E-state index contributed by atoms with van der Waals surface area (Å²) < 4.78 is 22.3. The van der Waals surface area contributed by atoms with Gasteiger partial charge in [0, 0.05) is 25.9 Å². The zero-order valence-electron chi connectivity index (χ0n) is 32.0. The molecule has 5 N–H and O–H groups in total. The summed E-state index contributed by atoms with van der Waals surface area (Å²) >= 11 is 0. The third-order valence-electron chi connectivity index (χ3n) is 7.58. The molecule has 50 heavy (non-hydrogen) atoms. The lowest BCUT2D eigenvalue weighted by atomic mass is 9.73. The van der Waals surface area contributed by atoms with Gasteiger partial charge in [-0.25, -0.2) is 4.79 Å². The highest BCUT2D eigenvalue weighted by molar-refractivity contribution is 5.85. The predicted molar refractivity (Wildman–Crippen MR) is 190 cm³/mol. The van der Waals surface area contributed by atoms with Crippen molar-refractivity contribution in [2.75, 3.05) is 59.3 Å². The van der Waals surface area contributed by atoms with E-state index in [-0.39, 0.29) is 75.6 Å². The van der Waals surface area contributed by atoms with E-state index in [2.05, 4.69) is 50.2 Å². The minimum absolute atomic E-state index is 0.0637. The fraction of sp³-hybridized carbons (Fsp3) is 0.806. The van der Waals surface area contributed by atoms with Gasteiger partial charge in [0.1, 0.15) is 12.6 Å². The molecule has 0 rings (SSSR count). The molecule has 1 unspecified atom stereocenters. The Hall–Kier alpha value is -3.07. The van der Waals surface area contributed by atoms with Gasteiger partial charge in [0.15, 0.2) is 0 Å². The molecule has 0 saturated heterocycles. The highest BCUT2D eigenvalue weighted by Crippen LogP contribution is 2.37. The van der Waals surface area contributed by atoms with Gasteiger partial charge in [0.05, 0.1) is 50.7 Å². The van der Waals surface area contributed by atoms with E-state index in [0.29, 0.717) is 26.4 Å². The van der Waals surface area contributed by atoms with Gasteiger partial charge in [-0.1, -0.05) is 33.3 Å². The zero-order chi connectivity index (χ0) is 38.6. The van der Waals surface area contributed by atoms with E-state index in [9.17, 15) is 34.2 Å². The molecule has 0 bridgehead atoms. The van der Waals surface area contributed by atoms with Crippen molar-refractivity contribution >= 4 is 29.7 Å². The summed E-state index contributed by atoms with van der Waals surface area (Å²) in [7, 11) is 0. The van der Waals surface area contributed by atoms with E-state index in [1.165, 1.54) is 0 Å². The minimum atomic E-state index is -1.27. The van der Waals surface area contributed by atoms with Gasteiger partial charge in [0.2, 0.25) is 17.7 Å². The lowest BCUT2D eigenvalue weighted by Crippen LogP contribution is -2.43. The van der Waals surface area contributed by atoms with Gasteiger partial charge in [0.25, 0.3) is 0 Å². The first-order chi connectivity index (χ1) is 23.0. The van der Waals surface area contributed by atoms with Gasteiger partial charge in [-0.05, 0) is 71.1 Å². The van der Waals surface area contributed by atoms with Crippen LogP contribution in [-0.4, -0.2) is 111 Å². The Kier molecular flexibility index (Phi) is 21.3. The summed E-state index contributed by atoms with van der Waals surface area (Å²) in [4.78, 5) is 59.7. The van der Waals surface area contributed by atoms with E-state index in [0.717, 1.165) is 18.4 Å². The summed E-state index contributed by atoms with van der Waals surface area (Å²) in [6, 6.07) is -1.26. The SMILES string of the molecule is C=C(C)CC(C)(C)CC(C)(C)OCCOCCNC(=O)COCCOCCNC(=O)CCC(NC(=O)CC(C)(C)CC(C)(C)C(=O)O)C(=O)O. The monoisotopic (exact) mass is 715 g/mol. The number of carboxylic acid groups (broad SMARTS) is 2. The van der Waals surface area contributed by atoms with Crippen molar-refractivity contribution in [2.24, 2.45) is 16.2 Å². The Morgan fingerprint density at radius 2 is 1.20 bits per heavy atom. The fourth-order valence-electron chi connectivity index (χ4n) is 6.16. The molecule has 0 aromatic heterocycles. The van der Waals surface area contributed by atoms with E-state index in [1.807, 2.05) is 6.92 Å². The lowest BCUT2D eigenvalue weighted by Gasteiger charge is -2.35. The van der Waals surface area contributed by atoms with Crippen LogP contribution >= 0.6 is 0 Å². The Morgan fingerprint density at radius 1 is 0.680 bits per heavy atom. The maximum Gasteiger partial charge on any atom is 0.326 e. The number of hydrogen-bond donors (Lipinski definition) is 5. The molecule has 0 aliphatic carbocycles. The summed E-state index contributed by atoms with van der Waals surface area (Å²) in [6.07, 6.45) is 1.75. The second-order valence-electron chi connectivity index (χ2n) is 15.8. The van der Waals surface area contributed by atoms with Crippen LogP contribution in [0.1, 0.15) is 101 Å². The first-order valence-electron chi connectivity index (χ1n) is 17.3. The number of hydrogen-bond acceptors (Lipinski definition) is 9. The summed E-state index contributed by atoms with van der Waals surface area (Å²) in [6.45, 7) is 23.5. The number of allylic oxidation sites excluding steroid dienone is 1. The van der Waals surface area contributed by atoms with Crippen LogP contribution in [0.15, 0.2) is 12.2 Å². The standard InChI is InChI=1S/C36H65N3O11/c1-26(2)21-33(3,4)25-36(9,10)50-20-19-48-16-14-38-30(42)23-49-18-17-47-15-13-37-28(40)12-11-27(31(43)44)39-29(41)22-34(5,6)24-35(7,8)32(45)46/h27H,1,11-25H2,2-10H3,(H,37,40)(H,38,42)(H,39,41)(H,43,44)(H,45,46). The van der Waals surface area contributed by atoms with Gasteiger partial charge >= 0.3 is 11.9 Å². The average Bonchev–Trinajstić information content (AvgIpc) is 2.93. The molecule has 0 fully saturated rings. The molecule has 290 valence electrons. The molecule has 0 spiro atoms. The number of carboxylic acids is 2. The van der Waals surface area contributed by atoms with Gasteiger partial charge in [-0.15, -0.1) is 6.58 Å². The molecule has 0 aliphatic heterocycles. The summed E-state index contributed by atoms with van der Waals surface area (Å²) in [5.74, 6) is -3.46. The number of rotatable bonds is 29. The molecule has 3 amide bonds. The number of aliphatic carboxylic acids is 2. The quantitative estimate of drug-likeness (QED) is 0.0559. The van der Waals surface area contributed by atoms with E-state index < -0.39 is 40.6 Å². The van der Waals surface area contributed by atoms with Crippen LogP contribution < -0.4 is 16.0 Å². The Balaban J connectivity index is 4.01. The number of ether oxygens (including phenoxy) is 4. The summed E-state index contributed by atoms with van der Waals surface area (Å²) in [5.41, 5.74) is -0.765. The lowest BCUT2D eigenvalue weighted by molar-refractivity contribution is -0.149. The van der Waals surface area contributed by atoms with E-state index >= 15 is 0 Å². The van der Waals surface area contributed by atoms with Crippen LogP contribution in [-0.2, 0) is 42.9 Å². The smallest absolute Gasteiger partial charge is 0.326 e. The molecule has 0 aromatic rings. The maximum atomic E-state index is 12.5. The van der Waals surface area contributed by atoms with Crippen LogP contribution in [0.4, 0.5) is 0 Å². The fourth-order valence-corrected chi connectivity index (χ4v) is 6.16. The van der Waals surface area contributed by atoms with Crippen LogP contribution in [0.5, 0.6) is 0 Å². The first-order valence-corrected chi connectivity index (χ1v) is 17.3. The molecule has 0 radical (unpaired) electrons. The van der Waals surface area contributed by atoms with Crippen molar-refractivity contribution in [1.29, 1.82) is 0 Å². The molecule has 0 heterocycles. The Labute approximate surface area is 298 Å². The van der Waals surface area contributed by atoms with Crippen LogP contribution in [0, 0.1) is 16.2 Å². The number of carbonyl (C=O) groups is 5. The van der Waals surface area contributed by atoms with Gasteiger partial charge < -0.3 is 45.1 Å². The van der Waals surface area contributed by atoms with E-state index in [1.54, 1.807) is 27.7 Å². The van der Waals surface area contributed by atoms with Crippen molar-refractivity contribution in [3.8, 4) is 0 Å². The highest BCUT2D eigenvalue weighted by Gasteiger charge is 2.36. The molecule has 1 atom stereocenters.